The van der Waals surface area contributed by atoms with Crippen LogP contribution in [0.1, 0.15) is 19.3 Å². The molecule has 2 rings (SSSR count). The standard InChI is InChI=1S/C13H20N2O/c14-10-11-2-1-8-15(9-7-11)12-3-5-13(16)6-4-12/h3-6,11,16H,1-2,7-10,14H2. The van der Waals surface area contributed by atoms with Crippen molar-refractivity contribution in [2.75, 3.05) is 24.5 Å². The van der Waals surface area contributed by atoms with Crippen LogP contribution < -0.4 is 10.6 Å². The third kappa shape index (κ3) is 2.67. The van der Waals surface area contributed by atoms with E-state index in [1.807, 2.05) is 12.1 Å². The zero-order valence-electron chi connectivity index (χ0n) is 9.60. The Hall–Kier alpha value is -1.22. The van der Waals surface area contributed by atoms with E-state index < -0.39 is 0 Å². The van der Waals surface area contributed by atoms with E-state index in [0.29, 0.717) is 11.7 Å². The Morgan fingerprint density at radius 1 is 1.19 bits per heavy atom. The summed E-state index contributed by atoms with van der Waals surface area (Å²) in [6.07, 6.45) is 3.63. The van der Waals surface area contributed by atoms with Crippen LogP contribution in [0.15, 0.2) is 24.3 Å². The molecule has 0 radical (unpaired) electrons. The third-order valence-corrected chi connectivity index (χ3v) is 3.40. The van der Waals surface area contributed by atoms with Crippen LogP contribution in [0, 0.1) is 5.92 Å². The smallest absolute Gasteiger partial charge is 0.115 e. The van der Waals surface area contributed by atoms with Crippen LogP contribution in [0.25, 0.3) is 0 Å². The van der Waals surface area contributed by atoms with Crippen LogP contribution in [0.4, 0.5) is 5.69 Å². The lowest BCUT2D eigenvalue weighted by molar-refractivity contribution is 0.475. The van der Waals surface area contributed by atoms with Gasteiger partial charge in [0.15, 0.2) is 0 Å². The molecule has 0 amide bonds. The second-order valence-corrected chi connectivity index (χ2v) is 4.54. The predicted octanol–water partition coefficient (Wildman–Crippen LogP) is 1.96. The minimum atomic E-state index is 0.332. The zero-order valence-corrected chi connectivity index (χ0v) is 9.60. The summed E-state index contributed by atoms with van der Waals surface area (Å²) in [6, 6.07) is 7.47. The Labute approximate surface area is 96.9 Å². The van der Waals surface area contributed by atoms with Gasteiger partial charge in [-0.1, -0.05) is 0 Å². The topological polar surface area (TPSA) is 49.5 Å². The molecular weight excluding hydrogens is 200 g/mol. The summed E-state index contributed by atoms with van der Waals surface area (Å²) < 4.78 is 0. The zero-order chi connectivity index (χ0) is 11.4. The average Bonchev–Trinajstić information content (AvgIpc) is 2.55. The van der Waals surface area contributed by atoms with Crippen LogP contribution in [-0.2, 0) is 0 Å². The van der Waals surface area contributed by atoms with Crippen molar-refractivity contribution in [3.8, 4) is 5.75 Å². The van der Waals surface area contributed by atoms with Crippen molar-refractivity contribution in [1.82, 2.24) is 0 Å². The fourth-order valence-corrected chi connectivity index (χ4v) is 2.32. The lowest BCUT2D eigenvalue weighted by Gasteiger charge is -2.22. The number of benzene rings is 1. The molecule has 88 valence electrons. The number of anilines is 1. The van der Waals surface area contributed by atoms with Gasteiger partial charge < -0.3 is 15.7 Å². The van der Waals surface area contributed by atoms with Gasteiger partial charge in [-0.05, 0) is 56.0 Å². The molecule has 1 aliphatic rings. The molecule has 1 atom stereocenters. The number of phenols is 1. The first kappa shape index (κ1) is 11.3. The number of hydrogen-bond acceptors (Lipinski definition) is 3. The van der Waals surface area contributed by atoms with Crippen molar-refractivity contribution >= 4 is 5.69 Å². The molecule has 1 saturated heterocycles. The highest BCUT2D eigenvalue weighted by Gasteiger charge is 2.15. The maximum Gasteiger partial charge on any atom is 0.115 e. The summed E-state index contributed by atoms with van der Waals surface area (Å²) in [5, 5.41) is 9.26. The molecule has 3 heteroatoms. The molecule has 1 unspecified atom stereocenters. The van der Waals surface area contributed by atoms with Gasteiger partial charge in [0.25, 0.3) is 0 Å². The van der Waals surface area contributed by atoms with E-state index in [4.69, 9.17) is 5.73 Å². The van der Waals surface area contributed by atoms with E-state index in [9.17, 15) is 5.11 Å². The highest BCUT2D eigenvalue weighted by atomic mass is 16.3. The first-order valence-electron chi connectivity index (χ1n) is 6.03. The normalized spacial score (nSPS) is 21.8. The van der Waals surface area contributed by atoms with Crippen molar-refractivity contribution in [3.63, 3.8) is 0 Å². The van der Waals surface area contributed by atoms with E-state index in [2.05, 4.69) is 4.90 Å². The maximum absolute atomic E-state index is 9.26. The highest BCUT2D eigenvalue weighted by molar-refractivity contribution is 5.48. The van der Waals surface area contributed by atoms with Crippen LogP contribution in [0.3, 0.4) is 0 Å². The Kier molecular flexibility index (Phi) is 3.67. The lowest BCUT2D eigenvalue weighted by Crippen LogP contribution is -2.24. The molecule has 16 heavy (non-hydrogen) atoms. The van der Waals surface area contributed by atoms with E-state index in [0.717, 1.165) is 19.6 Å². The van der Waals surface area contributed by atoms with Crippen molar-refractivity contribution in [2.45, 2.75) is 19.3 Å². The van der Waals surface area contributed by atoms with Gasteiger partial charge in [-0.15, -0.1) is 0 Å². The molecule has 0 aliphatic carbocycles. The van der Waals surface area contributed by atoms with Gasteiger partial charge in [0.2, 0.25) is 0 Å². The number of hydrogen-bond donors (Lipinski definition) is 2. The molecule has 1 aliphatic heterocycles. The first-order valence-corrected chi connectivity index (χ1v) is 6.03. The number of nitrogens with two attached hydrogens (primary N) is 1. The van der Waals surface area contributed by atoms with Crippen molar-refractivity contribution < 1.29 is 5.11 Å². The Balaban J connectivity index is 2.02. The molecule has 0 saturated carbocycles. The van der Waals surface area contributed by atoms with Crippen molar-refractivity contribution in [3.05, 3.63) is 24.3 Å². The highest BCUT2D eigenvalue weighted by Crippen LogP contribution is 2.23. The average molecular weight is 220 g/mol. The quantitative estimate of drug-likeness (QED) is 0.801. The molecule has 1 fully saturated rings. The van der Waals surface area contributed by atoms with Gasteiger partial charge >= 0.3 is 0 Å². The predicted molar refractivity (Wildman–Crippen MR) is 66.7 cm³/mol. The molecule has 0 spiro atoms. The number of aromatic hydroxyl groups is 1. The van der Waals surface area contributed by atoms with Crippen LogP contribution >= 0.6 is 0 Å². The lowest BCUT2D eigenvalue weighted by atomic mass is 10.0. The van der Waals surface area contributed by atoms with Gasteiger partial charge in [-0.2, -0.15) is 0 Å². The van der Waals surface area contributed by atoms with Crippen molar-refractivity contribution in [1.29, 1.82) is 0 Å². The fraction of sp³-hybridized carbons (Fsp3) is 0.538. The largest absolute Gasteiger partial charge is 0.508 e. The third-order valence-electron chi connectivity index (χ3n) is 3.40. The maximum atomic E-state index is 9.26. The molecule has 3 N–H and O–H groups in total. The summed E-state index contributed by atoms with van der Waals surface area (Å²) in [7, 11) is 0. The van der Waals surface area contributed by atoms with Gasteiger partial charge in [0, 0.05) is 18.8 Å². The monoisotopic (exact) mass is 220 g/mol. The van der Waals surface area contributed by atoms with Gasteiger partial charge in [-0.25, -0.2) is 0 Å². The molecule has 0 bridgehead atoms. The van der Waals surface area contributed by atoms with E-state index in [1.54, 1.807) is 12.1 Å². The Bertz CT molecular complexity index is 323. The molecule has 1 aromatic rings. The number of rotatable bonds is 2. The van der Waals surface area contributed by atoms with E-state index >= 15 is 0 Å². The molecule has 3 nitrogen and oxygen atoms in total. The second kappa shape index (κ2) is 5.21. The first-order chi connectivity index (χ1) is 7.79. The Morgan fingerprint density at radius 3 is 2.62 bits per heavy atom. The van der Waals surface area contributed by atoms with E-state index in [1.165, 1.54) is 24.9 Å². The number of nitrogens with zero attached hydrogens (tertiary/aromatic N) is 1. The van der Waals surface area contributed by atoms with Crippen LogP contribution in [-0.4, -0.2) is 24.7 Å². The summed E-state index contributed by atoms with van der Waals surface area (Å²) in [5.74, 6) is 1.01. The van der Waals surface area contributed by atoms with E-state index in [-0.39, 0.29) is 0 Å². The molecule has 1 heterocycles. The van der Waals surface area contributed by atoms with Crippen LogP contribution in [0.5, 0.6) is 5.75 Å². The van der Waals surface area contributed by atoms with Crippen molar-refractivity contribution in [2.24, 2.45) is 11.7 Å². The van der Waals surface area contributed by atoms with Crippen LogP contribution in [0.2, 0.25) is 0 Å². The van der Waals surface area contributed by atoms with Gasteiger partial charge in [-0.3, -0.25) is 0 Å². The minimum Gasteiger partial charge on any atom is -0.508 e. The summed E-state index contributed by atoms with van der Waals surface area (Å²) in [4.78, 5) is 2.38. The van der Waals surface area contributed by atoms with Gasteiger partial charge in [0.05, 0.1) is 0 Å². The molecule has 0 aromatic heterocycles. The summed E-state index contributed by atoms with van der Waals surface area (Å²) >= 11 is 0. The SMILES string of the molecule is NCC1CCCN(c2ccc(O)cc2)CC1. The molecule has 1 aromatic carbocycles. The van der Waals surface area contributed by atoms with Gasteiger partial charge in [0.1, 0.15) is 5.75 Å². The number of phenolic OH excluding ortho intramolecular Hbond substituents is 1. The summed E-state index contributed by atoms with van der Waals surface area (Å²) in [6.45, 7) is 2.98. The molecular formula is C13H20N2O. The fourth-order valence-electron chi connectivity index (χ4n) is 2.32. The Morgan fingerprint density at radius 2 is 1.94 bits per heavy atom. The minimum absolute atomic E-state index is 0.332. The second-order valence-electron chi connectivity index (χ2n) is 4.54. The summed E-state index contributed by atoms with van der Waals surface area (Å²) in [5.41, 5.74) is 6.93.